The summed E-state index contributed by atoms with van der Waals surface area (Å²) in [4.78, 5) is 4.52. The quantitative estimate of drug-likeness (QED) is 0.737. The standard InChI is InChI=1S/C13H13N5/c1-9-6-7-10(8-14)13(15-9)18-12-5-3-2-4-11(12)16-17-18/h2-7H,8,14H2,1H3. The van der Waals surface area contributed by atoms with Gasteiger partial charge in [-0.05, 0) is 25.1 Å². The van der Waals surface area contributed by atoms with E-state index < -0.39 is 0 Å². The third-order valence-electron chi connectivity index (χ3n) is 2.87. The van der Waals surface area contributed by atoms with Gasteiger partial charge in [0, 0.05) is 17.8 Å². The van der Waals surface area contributed by atoms with Crippen LogP contribution in [-0.2, 0) is 6.54 Å². The maximum Gasteiger partial charge on any atom is 0.160 e. The first-order chi connectivity index (χ1) is 8.79. The number of rotatable bonds is 2. The van der Waals surface area contributed by atoms with Gasteiger partial charge in [-0.3, -0.25) is 0 Å². The van der Waals surface area contributed by atoms with Gasteiger partial charge >= 0.3 is 0 Å². The number of fused-ring (bicyclic) bond motifs is 1. The van der Waals surface area contributed by atoms with E-state index in [0.717, 1.165) is 28.1 Å². The molecule has 3 aromatic rings. The van der Waals surface area contributed by atoms with E-state index in [0.29, 0.717) is 6.54 Å². The highest BCUT2D eigenvalue weighted by atomic mass is 15.4. The first-order valence-corrected chi connectivity index (χ1v) is 5.77. The van der Waals surface area contributed by atoms with E-state index >= 15 is 0 Å². The summed E-state index contributed by atoms with van der Waals surface area (Å²) in [6.07, 6.45) is 0. The second-order valence-electron chi connectivity index (χ2n) is 4.13. The molecule has 0 aliphatic heterocycles. The normalized spacial score (nSPS) is 11.0. The number of aromatic nitrogens is 4. The second-order valence-corrected chi connectivity index (χ2v) is 4.13. The zero-order chi connectivity index (χ0) is 12.5. The van der Waals surface area contributed by atoms with Crippen molar-refractivity contribution < 1.29 is 0 Å². The van der Waals surface area contributed by atoms with Crippen LogP contribution in [0, 0.1) is 6.92 Å². The summed E-state index contributed by atoms with van der Waals surface area (Å²) in [5.41, 5.74) is 9.42. The van der Waals surface area contributed by atoms with Gasteiger partial charge in [-0.2, -0.15) is 4.68 Å². The van der Waals surface area contributed by atoms with Crippen molar-refractivity contribution in [2.75, 3.05) is 0 Å². The van der Waals surface area contributed by atoms with Crippen molar-refractivity contribution in [1.29, 1.82) is 0 Å². The lowest BCUT2D eigenvalue weighted by molar-refractivity contribution is 0.783. The van der Waals surface area contributed by atoms with Crippen LogP contribution >= 0.6 is 0 Å². The van der Waals surface area contributed by atoms with E-state index in [2.05, 4.69) is 15.3 Å². The van der Waals surface area contributed by atoms with Crippen LogP contribution in [0.4, 0.5) is 0 Å². The van der Waals surface area contributed by atoms with Gasteiger partial charge in [0.2, 0.25) is 0 Å². The lowest BCUT2D eigenvalue weighted by Gasteiger charge is -2.07. The molecule has 0 saturated carbocycles. The predicted molar refractivity (Wildman–Crippen MR) is 69.3 cm³/mol. The molecule has 0 spiro atoms. The molecule has 2 N–H and O–H groups in total. The van der Waals surface area contributed by atoms with Crippen molar-refractivity contribution in [3.05, 3.63) is 47.7 Å². The SMILES string of the molecule is Cc1ccc(CN)c(-n2nnc3ccccc32)n1. The lowest BCUT2D eigenvalue weighted by Crippen LogP contribution is -2.08. The molecule has 1 aromatic carbocycles. The highest BCUT2D eigenvalue weighted by Crippen LogP contribution is 2.17. The van der Waals surface area contributed by atoms with Crippen molar-refractivity contribution in [1.82, 2.24) is 20.0 Å². The third kappa shape index (κ3) is 1.65. The first kappa shape index (κ1) is 10.9. The molecule has 0 aliphatic rings. The molecule has 5 heteroatoms. The summed E-state index contributed by atoms with van der Waals surface area (Å²) in [7, 11) is 0. The minimum Gasteiger partial charge on any atom is -0.326 e. The number of nitrogens with zero attached hydrogens (tertiary/aromatic N) is 4. The van der Waals surface area contributed by atoms with E-state index in [9.17, 15) is 0 Å². The number of para-hydroxylation sites is 1. The molecule has 3 rings (SSSR count). The topological polar surface area (TPSA) is 69.6 Å². The minimum atomic E-state index is 0.427. The second kappa shape index (κ2) is 4.19. The van der Waals surface area contributed by atoms with E-state index in [1.54, 1.807) is 4.68 Å². The zero-order valence-electron chi connectivity index (χ0n) is 10.0. The van der Waals surface area contributed by atoms with E-state index in [-0.39, 0.29) is 0 Å². The predicted octanol–water partition coefficient (Wildman–Crippen LogP) is 1.58. The Bertz CT molecular complexity index is 701. The Labute approximate surface area is 104 Å². The summed E-state index contributed by atoms with van der Waals surface area (Å²) in [5, 5.41) is 8.30. The van der Waals surface area contributed by atoms with Crippen molar-refractivity contribution in [2.45, 2.75) is 13.5 Å². The molecule has 0 amide bonds. The number of pyridine rings is 1. The summed E-state index contributed by atoms with van der Waals surface area (Å²) in [6, 6.07) is 11.7. The minimum absolute atomic E-state index is 0.427. The van der Waals surface area contributed by atoms with Crippen molar-refractivity contribution in [3.63, 3.8) is 0 Å². The van der Waals surface area contributed by atoms with Gasteiger partial charge in [-0.25, -0.2) is 4.98 Å². The fourth-order valence-electron chi connectivity index (χ4n) is 1.94. The first-order valence-electron chi connectivity index (χ1n) is 5.77. The molecule has 0 bridgehead atoms. The molecule has 0 radical (unpaired) electrons. The molecule has 0 aliphatic carbocycles. The smallest absolute Gasteiger partial charge is 0.160 e. The fourth-order valence-corrected chi connectivity index (χ4v) is 1.94. The van der Waals surface area contributed by atoms with E-state index in [1.807, 2.05) is 43.3 Å². The summed E-state index contributed by atoms with van der Waals surface area (Å²) in [5.74, 6) is 0.756. The number of hydrogen-bond acceptors (Lipinski definition) is 4. The van der Waals surface area contributed by atoms with Gasteiger partial charge in [0.1, 0.15) is 5.52 Å². The Morgan fingerprint density at radius 2 is 2.00 bits per heavy atom. The van der Waals surface area contributed by atoms with Crippen LogP contribution in [-0.4, -0.2) is 20.0 Å². The summed E-state index contributed by atoms with van der Waals surface area (Å²) < 4.78 is 1.74. The average Bonchev–Trinajstić information content (AvgIpc) is 2.82. The van der Waals surface area contributed by atoms with Crippen LogP contribution in [0.25, 0.3) is 16.9 Å². The summed E-state index contributed by atoms with van der Waals surface area (Å²) in [6.45, 7) is 2.37. The van der Waals surface area contributed by atoms with Crippen LogP contribution in [0.1, 0.15) is 11.3 Å². The Kier molecular flexibility index (Phi) is 2.53. The van der Waals surface area contributed by atoms with Crippen LogP contribution in [0.3, 0.4) is 0 Å². The number of nitrogens with two attached hydrogens (primary N) is 1. The maximum atomic E-state index is 5.75. The summed E-state index contributed by atoms with van der Waals surface area (Å²) >= 11 is 0. The van der Waals surface area contributed by atoms with Crippen molar-refractivity contribution in [3.8, 4) is 5.82 Å². The molecular weight excluding hydrogens is 226 g/mol. The molecule has 5 nitrogen and oxygen atoms in total. The van der Waals surface area contributed by atoms with Gasteiger partial charge < -0.3 is 5.73 Å². The zero-order valence-corrected chi connectivity index (χ0v) is 10.0. The Morgan fingerprint density at radius 3 is 2.83 bits per heavy atom. The fraction of sp³-hybridized carbons (Fsp3) is 0.154. The van der Waals surface area contributed by atoms with Crippen LogP contribution in [0.5, 0.6) is 0 Å². The average molecular weight is 239 g/mol. The molecule has 0 fully saturated rings. The van der Waals surface area contributed by atoms with Crippen LogP contribution < -0.4 is 5.73 Å². The lowest BCUT2D eigenvalue weighted by atomic mass is 10.2. The van der Waals surface area contributed by atoms with Crippen LogP contribution in [0.15, 0.2) is 36.4 Å². The van der Waals surface area contributed by atoms with Gasteiger partial charge in [0.05, 0.1) is 5.52 Å². The van der Waals surface area contributed by atoms with Gasteiger partial charge in [0.25, 0.3) is 0 Å². The van der Waals surface area contributed by atoms with E-state index in [4.69, 9.17) is 5.73 Å². The van der Waals surface area contributed by atoms with Gasteiger partial charge in [-0.1, -0.05) is 23.4 Å². The molecule has 2 heterocycles. The molecule has 2 aromatic heterocycles. The van der Waals surface area contributed by atoms with Crippen molar-refractivity contribution in [2.24, 2.45) is 5.73 Å². The highest BCUT2D eigenvalue weighted by Gasteiger charge is 2.10. The molecule has 90 valence electrons. The Hall–Kier alpha value is -2.27. The Balaban J connectivity index is 2.29. The number of benzene rings is 1. The Morgan fingerprint density at radius 1 is 1.17 bits per heavy atom. The molecule has 0 atom stereocenters. The third-order valence-corrected chi connectivity index (χ3v) is 2.87. The highest BCUT2D eigenvalue weighted by molar-refractivity contribution is 5.75. The van der Waals surface area contributed by atoms with Crippen molar-refractivity contribution >= 4 is 11.0 Å². The molecule has 18 heavy (non-hydrogen) atoms. The van der Waals surface area contributed by atoms with Gasteiger partial charge in [-0.15, -0.1) is 5.10 Å². The molecular formula is C13H13N5. The number of hydrogen-bond donors (Lipinski definition) is 1. The maximum absolute atomic E-state index is 5.75. The number of aryl methyl sites for hydroxylation is 1. The molecule has 0 unspecified atom stereocenters. The van der Waals surface area contributed by atoms with Crippen LogP contribution in [0.2, 0.25) is 0 Å². The molecule has 0 saturated heterocycles. The van der Waals surface area contributed by atoms with E-state index in [1.165, 1.54) is 0 Å². The monoisotopic (exact) mass is 239 g/mol. The van der Waals surface area contributed by atoms with Gasteiger partial charge in [0.15, 0.2) is 5.82 Å². The largest absolute Gasteiger partial charge is 0.326 e.